The summed E-state index contributed by atoms with van der Waals surface area (Å²) >= 11 is 3.40. The van der Waals surface area contributed by atoms with Crippen molar-refractivity contribution in [2.75, 3.05) is 12.8 Å². The third-order valence-electron chi connectivity index (χ3n) is 2.59. The van der Waals surface area contributed by atoms with Gasteiger partial charge in [0.1, 0.15) is 18.9 Å². The van der Waals surface area contributed by atoms with Gasteiger partial charge in [-0.1, -0.05) is 15.9 Å². The molecule has 0 bridgehead atoms. The molecule has 1 aromatic heterocycles. The number of nitrogens with zero attached hydrogens (tertiary/aromatic N) is 2. The Labute approximate surface area is 124 Å². The van der Waals surface area contributed by atoms with Gasteiger partial charge in [0, 0.05) is 16.2 Å². The summed E-state index contributed by atoms with van der Waals surface area (Å²) in [5.41, 5.74) is 6.85. The first-order valence-electron chi connectivity index (χ1n) is 5.84. The van der Waals surface area contributed by atoms with Crippen molar-refractivity contribution in [3.8, 4) is 5.75 Å². The van der Waals surface area contributed by atoms with E-state index in [-0.39, 0.29) is 19.1 Å². The average molecular weight is 340 g/mol. The van der Waals surface area contributed by atoms with Gasteiger partial charge in [-0.25, -0.2) is 0 Å². The van der Waals surface area contributed by atoms with Crippen LogP contribution < -0.4 is 10.5 Å². The van der Waals surface area contributed by atoms with Gasteiger partial charge in [0.05, 0.1) is 19.0 Å². The Kier molecular flexibility index (Phi) is 4.62. The molecule has 1 aromatic carbocycles. The third-order valence-corrected chi connectivity index (χ3v) is 3.36. The molecule has 0 saturated heterocycles. The first kappa shape index (κ1) is 14.4. The van der Waals surface area contributed by atoms with E-state index in [0.29, 0.717) is 11.4 Å². The summed E-state index contributed by atoms with van der Waals surface area (Å²) in [6.07, 6.45) is 3.05. The van der Waals surface area contributed by atoms with Crippen LogP contribution in [0, 0.1) is 0 Å². The van der Waals surface area contributed by atoms with Crippen molar-refractivity contribution in [2.24, 2.45) is 0 Å². The number of carbonyl (C=O) groups excluding carboxylic acids is 1. The topological polar surface area (TPSA) is 79.4 Å². The van der Waals surface area contributed by atoms with Crippen LogP contribution >= 0.6 is 15.9 Å². The fourth-order valence-electron chi connectivity index (χ4n) is 1.59. The molecule has 0 unspecified atom stereocenters. The predicted molar refractivity (Wildman–Crippen MR) is 77.1 cm³/mol. The number of halogens is 1. The standard InChI is InChI=1S/C13H14BrN3O3/c1-19-11-2-3-12(14)9(4-11)8-20-13(18)7-17-6-10(15)5-16-17/h2-6H,7-8,15H2,1H3. The van der Waals surface area contributed by atoms with Gasteiger partial charge in [0.15, 0.2) is 0 Å². The Balaban J connectivity index is 1.93. The van der Waals surface area contributed by atoms with E-state index in [9.17, 15) is 4.79 Å². The quantitative estimate of drug-likeness (QED) is 0.842. The second kappa shape index (κ2) is 6.42. The van der Waals surface area contributed by atoms with Crippen molar-refractivity contribution >= 4 is 27.6 Å². The maximum Gasteiger partial charge on any atom is 0.328 e. The number of hydrogen-bond acceptors (Lipinski definition) is 5. The number of rotatable bonds is 5. The van der Waals surface area contributed by atoms with E-state index in [4.69, 9.17) is 15.2 Å². The zero-order valence-electron chi connectivity index (χ0n) is 10.9. The van der Waals surface area contributed by atoms with Crippen LogP contribution in [0.5, 0.6) is 5.75 Å². The smallest absolute Gasteiger partial charge is 0.328 e. The highest BCUT2D eigenvalue weighted by Crippen LogP contribution is 2.23. The maximum atomic E-state index is 11.7. The second-order valence-corrected chi connectivity index (χ2v) is 4.94. The van der Waals surface area contributed by atoms with E-state index >= 15 is 0 Å². The molecule has 20 heavy (non-hydrogen) atoms. The molecule has 2 N–H and O–H groups in total. The van der Waals surface area contributed by atoms with Gasteiger partial charge in [-0.15, -0.1) is 0 Å². The van der Waals surface area contributed by atoms with Crippen molar-refractivity contribution in [1.29, 1.82) is 0 Å². The average Bonchev–Trinajstić information content (AvgIpc) is 2.83. The first-order valence-corrected chi connectivity index (χ1v) is 6.64. The molecule has 0 aliphatic carbocycles. The summed E-state index contributed by atoms with van der Waals surface area (Å²) < 4.78 is 12.6. The number of anilines is 1. The highest BCUT2D eigenvalue weighted by molar-refractivity contribution is 9.10. The highest BCUT2D eigenvalue weighted by atomic mass is 79.9. The van der Waals surface area contributed by atoms with Crippen LogP contribution in [0.25, 0.3) is 0 Å². The summed E-state index contributed by atoms with van der Waals surface area (Å²) in [6.45, 7) is 0.187. The number of hydrogen-bond donors (Lipinski definition) is 1. The molecule has 106 valence electrons. The number of nitrogens with two attached hydrogens (primary N) is 1. The zero-order chi connectivity index (χ0) is 14.5. The molecule has 0 atom stereocenters. The van der Waals surface area contributed by atoms with Gasteiger partial charge in [0.25, 0.3) is 0 Å². The number of aromatic nitrogens is 2. The van der Waals surface area contributed by atoms with Crippen molar-refractivity contribution in [1.82, 2.24) is 9.78 Å². The van der Waals surface area contributed by atoms with Crippen molar-refractivity contribution < 1.29 is 14.3 Å². The van der Waals surface area contributed by atoms with Crippen molar-refractivity contribution in [3.63, 3.8) is 0 Å². The molecule has 0 amide bonds. The number of ether oxygens (including phenoxy) is 2. The van der Waals surface area contributed by atoms with Gasteiger partial charge < -0.3 is 15.2 Å². The van der Waals surface area contributed by atoms with Crippen molar-refractivity contribution in [2.45, 2.75) is 13.2 Å². The lowest BCUT2D eigenvalue weighted by Gasteiger charge is -2.08. The van der Waals surface area contributed by atoms with Gasteiger partial charge in [-0.2, -0.15) is 5.10 Å². The molecule has 7 heteroatoms. The second-order valence-electron chi connectivity index (χ2n) is 4.09. The number of esters is 1. The predicted octanol–water partition coefficient (Wildman–Crippen LogP) is 1.98. The molecule has 2 aromatic rings. The fraction of sp³-hybridized carbons (Fsp3) is 0.231. The molecule has 1 heterocycles. The van der Waals surface area contributed by atoms with E-state index in [1.54, 1.807) is 13.3 Å². The normalized spacial score (nSPS) is 10.3. The number of carbonyl (C=O) groups is 1. The van der Waals surface area contributed by atoms with Gasteiger partial charge in [-0.3, -0.25) is 9.48 Å². The first-order chi connectivity index (χ1) is 9.58. The summed E-state index contributed by atoms with van der Waals surface area (Å²) in [4.78, 5) is 11.7. The maximum absolute atomic E-state index is 11.7. The highest BCUT2D eigenvalue weighted by Gasteiger charge is 2.08. The van der Waals surface area contributed by atoms with Crippen LogP contribution in [0.2, 0.25) is 0 Å². The van der Waals surface area contributed by atoms with Crippen molar-refractivity contribution in [3.05, 3.63) is 40.6 Å². The monoisotopic (exact) mass is 339 g/mol. The Morgan fingerprint density at radius 2 is 2.30 bits per heavy atom. The summed E-state index contributed by atoms with van der Waals surface area (Å²) in [5, 5.41) is 3.92. The van der Waals surface area contributed by atoms with Crippen LogP contribution in [0.3, 0.4) is 0 Å². The van der Waals surface area contributed by atoms with Crippen LogP contribution in [0.4, 0.5) is 5.69 Å². The summed E-state index contributed by atoms with van der Waals surface area (Å²) in [6, 6.07) is 5.47. The van der Waals surface area contributed by atoms with Gasteiger partial charge in [0.2, 0.25) is 0 Å². The summed E-state index contributed by atoms with van der Waals surface area (Å²) in [5.74, 6) is 0.321. The van der Waals surface area contributed by atoms with E-state index in [1.807, 2.05) is 18.2 Å². The Morgan fingerprint density at radius 3 is 2.95 bits per heavy atom. The molecule has 0 fully saturated rings. The van der Waals surface area contributed by atoms with Crippen LogP contribution in [0.1, 0.15) is 5.56 Å². The SMILES string of the molecule is COc1ccc(Br)c(COC(=O)Cn2cc(N)cn2)c1. The number of benzene rings is 1. The minimum absolute atomic E-state index is 0.0266. The lowest BCUT2D eigenvalue weighted by atomic mass is 10.2. The van der Waals surface area contributed by atoms with E-state index in [2.05, 4.69) is 21.0 Å². The Bertz CT molecular complexity index is 613. The van der Waals surface area contributed by atoms with E-state index in [0.717, 1.165) is 10.0 Å². The molecular formula is C13H14BrN3O3. The van der Waals surface area contributed by atoms with Crippen LogP contribution in [-0.4, -0.2) is 22.9 Å². The minimum atomic E-state index is -0.386. The molecule has 6 nitrogen and oxygen atoms in total. The molecule has 2 rings (SSSR count). The Morgan fingerprint density at radius 1 is 1.50 bits per heavy atom. The van der Waals surface area contributed by atoms with E-state index in [1.165, 1.54) is 10.9 Å². The fourth-order valence-corrected chi connectivity index (χ4v) is 1.95. The molecule has 0 radical (unpaired) electrons. The molecule has 0 spiro atoms. The third kappa shape index (κ3) is 3.74. The van der Waals surface area contributed by atoms with Crippen LogP contribution in [-0.2, 0) is 22.7 Å². The summed E-state index contributed by atoms with van der Waals surface area (Å²) in [7, 11) is 1.58. The number of nitrogen functional groups attached to an aromatic ring is 1. The zero-order valence-corrected chi connectivity index (χ0v) is 12.5. The lowest BCUT2D eigenvalue weighted by Crippen LogP contribution is -2.14. The molecule has 0 aliphatic rings. The Hall–Kier alpha value is -2.02. The largest absolute Gasteiger partial charge is 0.497 e. The minimum Gasteiger partial charge on any atom is -0.497 e. The molecule has 0 saturated carbocycles. The lowest BCUT2D eigenvalue weighted by molar-refractivity contribution is -0.145. The number of methoxy groups -OCH3 is 1. The van der Waals surface area contributed by atoms with Gasteiger partial charge >= 0.3 is 5.97 Å². The van der Waals surface area contributed by atoms with Gasteiger partial charge in [-0.05, 0) is 18.2 Å². The van der Waals surface area contributed by atoms with E-state index < -0.39 is 0 Å². The molecule has 0 aliphatic heterocycles. The van der Waals surface area contributed by atoms with Crippen LogP contribution in [0.15, 0.2) is 35.1 Å². The molecular weight excluding hydrogens is 326 g/mol.